The van der Waals surface area contributed by atoms with Crippen molar-refractivity contribution in [1.82, 2.24) is 10.4 Å². The van der Waals surface area contributed by atoms with Gasteiger partial charge in [0, 0.05) is 18.2 Å². The van der Waals surface area contributed by atoms with E-state index in [0.717, 1.165) is 0 Å². The zero-order valence-corrected chi connectivity index (χ0v) is 11.7. The van der Waals surface area contributed by atoms with Crippen molar-refractivity contribution in [3.8, 4) is 0 Å². The second-order valence-electron chi connectivity index (χ2n) is 4.64. The molecule has 0 saturated carbocycles. The van der Waals surface area contributed by atoms with Crippen LogP contribution in [0.5, 0.6) is 0 Å². The van der Waals surface area contributed by atoms with E-state index in [1.165, 1.54) is 5.01 Å². The largest absolute Gasteiger partial charge is 0.274 e. The van der Waals surface area contributed by atoms with E-state index in [2.05, 4.69) is 5.43 Å². The molecule has 1 aliphatic heterocycles. The average molecular weight is 282 g/mol. The number of rotatable bonds is 4. The van der Waals surface area contributed by atoms with Crippen molar-refractivity contribution in [3.63, 3.8) is 0 Å². The monoisotopic (exact) mass is 282 g/mol. The molecule has 1 atom stereocenters. The van der Waals surface area contributed by atoms with E-state index in [4.69, 9.17) is 0 Å². The van der Waals surface area contributed by atoms with Crippen LogP contribution >= 0.6 is 0 Å². The van der Waals surface area contributed by atoms with Gasteiger partial charge in [0.2, 0.25) is 0 Å². The highest BCUT2D eigenvalue weighted by molar-refractivity contribution is 7.91. The summed E-state index contributed by atoms with van der Waals surface area (Å²) in [6.07, 6.45) is 0.556. The van der Waals surface area contributed by atoms with Crippen LogP contribution in [0.1, 0.15) is 23.7 Å². The van der Waals surface area contributed by atoms with Gasteiger partial charge in [0.1, 0.15) is 0 Å². The third-order valence-corrected chi connectivity index (χ3v) is 4.92. The minimum Gasteiger partial charge on any atom is -0.274 e. The summed E-state index contributed by atoms with van der Waals surface area (Å²) >= 11 is 0. The van der Waals surface area contributed by atoms with Crippen LogP contribution in [0.15, 0.2) is 30.3 Å². The molecule has 0 aliphatic carbocycles. The molecule has 1 fully saturated rings. The lowest BCUT2D eigenvalue weighted by Crippen LogP contribution is -2.48. The highest BCUT2D eigenvalue weighted by Crippen LogP contribution is 2.12. The Hall–Kier alpha value is -1.40. The number of carbonyl (C=O) groups excluding carboxylic acids is 1. The summed E-state index contributed by atoms with van der Waals surface area (Å²) < 4.78 is 22.8. The minimum atomic E-state index is -2.94. The van der Waals surface area contributed by atoms with Gasteiger partial charge in [-0.1, -0.05) is 18.2 Å². The fourth-order valence-electron chi connectivity index (χ4n) is 2.15. The van der Waals surface area contributed by atoms with Gasteiger partial charge in [0.15, 0.2) is 9.84 Å². The molecule has 1 aromatic carbocycles. The number of hydrazine groups is 1. The standard InChI is InChI=1S/C13H18N2O3S/c1-2-15(13(16)11-6-4-3-5-7-11)14-12-8-9-19(17,18)10-12/h3-7,12,14H,2,8-10H2,1H3. The van der Waals surface area contributed by atoms with Crippen LogP contribution in [-0.4, -0.2) is 43.4 Å². The van der Waals surface area contributed by atoms with Crippen LogP contribution in [0.4, 0.5) is 0 Å². The lowest BCUT2D eigenvalue weighted by atomic mass is 10.2. The van der Waals surface area contributed by atoms with E-state index in [1.807, 2.05) is 13.0 Å². The quantitative estimate of drug-likeness (QED) is 0.831. The van der Waals surface area contributed by atoms with Gasteiger partial charge in [-0.3, -0.25) is 9.80 Å². The predicted molar refractivity (Wildman–Crippen MR) is 73.3 cm³/mol. The van der Waals surface area contributed by atoms with E-state index in [1.54, 1.807) is 24.3 Å². The summed E-state index contributed by atoms with van der Waals surface area (Å²) in [6, 6.07) is 8.79. The molecule has 5 nitrogen and oxygen atoms in total. The topological polar surface area (TPSA) is 66.5 Å². The van der Waals surface area contributed by atoms with Crippen LogP contribution in [-0.2, 0) is 9.84 Å². The molecule has 1 N–H and O–H groups in total. The highest BCUT2D eigenvalue weighted by atomic mass is 32.2. The number of sulfone groups is 1. The first-order valence-electron chi connectivity index (χ1n) is 6.35. The van der Waals surface area contributed by atoms with Gasteiger partial charge in [-0.25, -0.2) is 13.8 Å². The van der Waals surface area contributed by atoms with Gasteiger partial charge in [0.05, 0.1) is 11.5 Å². The van der Waals surface area contributed by atoms with E-state index in [0.29, 0.717) is 18.5 Å². The summed E-state index contributed by atoms with van der Waals surface area (Å²) in [5.41, 5.74) is 3.62. The number of hydrogen-bond acceptors (Lipinski definition) is 4. The second-order valence-corrected chi connectivity index (χ2v) is 6.87. The van der Waals surface area contributed by atoms with Crippen molar-refractivity contribution >= 4 is 15.7 Å². The molecule has 1 saturated heterocycles. The summed E-state index contributed by atoms with van der Waals surface area (Å²) in [5.74, 6) is 0.167. The smallest absolute Gasteiger partial charge is 0.267 e. The Balaban J connectivity index is 2.03. The van der Waals surface area contributed by atoms with Gasteiger partial charge < -0.3 is 0 Å². The van der Waals surface area contributed by atoms with Crippen molar-refractivity contribution in [2.45, 2.75) is 19.4 Å². The van der Waals surface area contributed by atoms with Crippen molar-refractivity contribution in [2.75, 3.05) is 18.1 Å². The van der Waals surface area contributed by atoms with Crippen LogP contribution < -0.4 is 5.43 Å². The minimum absolute atomic E-state index is 0.103. The van der Waals surface area contributed by atoms with Crippen LogP contribution in [0.2, 0.25) is 0 Å². The van der Waals surface area contributed by atoms with E-state index < -0.39 is 9.84 Å². The zero-order valence-electron chi connectivity index (χ0n) is 10.9. The lowest BCUT2D eigenvalue weighted by Gasteiger charge is -2.25. The van der Waals surface area contributed by atoms with Gasteiger partial charge in [0.25, 0.3) is 5.91 Å². The van der Waals surface area contributed by atoms with Gasteiger partial charge >= 0.3 is 0 Å². The number of carbonyl (C=O) groups is 1. The van der Waals surface area contributed by atoms with Gasteiger partial charge in [-0.2, -0.15) is 0 Å². The third kappa shape index (κ3) is 3.54. The molecule has 1 unspecified atom stereocenters. The molecule has 104 valence electrons. The van der Waals surface area contributed by atoms with E-state index >= 15 is 0 Å². The SMILES string of the molecule is CCN(NC1CCS(=O)(=O)C1)C(=O)c1ccccc1. The Morgan fingerprint density at radius 3 is 2.58 bits per heavy atom. The average Bonchev–Trinajstić information content (AvgIpc) is 2.75. The number of hydrogen-bond donors (Lipinski definition) is 1. The molecule has 0 bridgehead atoms. The van der Waals surface area contributed by atoms with Crippen molar-refractivity contribution in [3.05, 3.63) is 35.9 Å². The molecule has 0 aromatic heterocycles. The van der Waals surface area contributed by atoms with Crippen molar-refractivity contribution in [2.24, 2.45) is 0 Å². The molecule has 6 heteroatoms. The summed E-state index contributed by atoms with van der Waals surface area (Å²) in [6.45, 7) is 2.35. The molecule has 1 aliphatic rings. The van der Waals surface area contributed by atoms with E-state index in [9.17, 15) is 13.2 Å². The molecule has 2 rings (SSSR count). The predicted octanol–water partition coefficient (Wildman–Crippen LogP) is 0.840. The Morgan fingerprint density at radius 1 is 1.37 bits per heavy atom. The highest BCUT2D eigenvalue weighted by Gasteiger charge is 2.29. The van der Waals surface area contributed by atoms with Crippen LogP contribution in [0, 0.1) is 0 Å². The normalized spacial score (nSPS) is 21.2. The molecule has 0 radical (unpaired) electrons. The number of nitrogens with one attached hydrogen (secondary N) is 1. The summed E-state index contributed by atoms with van der Waals surface area (Å²) in [7, 11) is -2.94. The van der Waals surface area contributed by atoms with Crippen molar-refractivity contribution < 1.29 is 13.2 Å². The molecule has 1 amide bonds. The van der Waals surface area contributed by atoms with Crippen LogP contribution in [0.3, 0.4) is 0 Å². The number of amides is 1. The van der Waals surface area contributed by atoms with E-state index in [-0.39, 0.29) is 23.5 Å². The Labute approximate surface area is 113 Å². The van der Waals surface area contributed by atoms with Gasteiger partial charge in [-0.15, -0.1) is 0 Å². The molecular formula is C13H18N2O3S. The maximum atomic E-state index is 12.2. The number of benzene rings is 1. The lowest BCUT2D eigenvalue weighted by molar-refractivity contribution is 0.0641. The fraction of sp³-hybridized carbons (Fsp3) is 0.462. The Kier molecular flexibility index (Phi) is 4.21. The number of nitrogens with zero attached hydrogens (tertiary/aromatic N) is 1. The zero-order chi connectivity index (χ0) is 13.9. The maximum absolute atomic E-state index is 12.2. The summed E-state index contributed by atoms with van der Waals surface area (Å²) in [5, 5.41) is 1.49. The molecule has 1 heterocycles. The molecule has 1 aromatic rings. The Bertz CT molecular complexity index is 542. The van der Waals surface area contributed by atoms with Crippen molar-refractivity contribution in [1.29, 1.82) is 0 Å². The molecular weight excluding hydrogens is 264 g/mol. The maximum Gasteiger partial charge on any atom is 0.267 e. The van der Waals surface area contributed by atoms with Gasteiger partial charge in [-0.05, 0) is 25.5 Å². The summed E-state index contributed by atoms with van der Waals surface area (Å²) in [4.78, 5) is 12.2. The third-order valence-electron chi connectivity index (χ3n) is 3.15. The first-order chi connectivity index (χ1) is 9.02. The fourth-order valence-corrected chi connectivity index (χ4v) is 3.81. The second kappa shape index (κ2) is 5.71. The first-order valence-corrected chi connectivity index (χ1v) is 8.17. The molecule has 19 heavy (non-hydrogen) atoms. The molecule has 0 spiro atoms. The first kappa shape index (κ1) is 14.0. The van der Waals surface area contributed by atoms with Crippen LogP contribution in [0.25, 0.3) is 0 Å². The Morgan fingerprint density at radius 2 is 2.05 bits per heavy atom.